The Kier molecular flexibility index (Phi) is 7.90. The number of benzene rings is 1. The third-order valence-corrected chi connectivity index (χ3v) is 5.29. The average molecular weight is 413 g/mol. The highest BCUT2D eigenvalue weighted by Gasteiger charge is 2.20. The lowest BCUT2D eigenvalue weighted by atomic mass is 10.0. The number of furan rings is 1. The summed E-state index contributed by atoms with van der Waals surface area (Å²) in [5, 5.41) is 6.84. The topological polar surface area (TPSA) is 79.1 Å². The number of methoxy groups -OCH3 is 1. The van der Waals surface area contributed by atoms with Crippen molar-refractivity contribution in [3.05, 3.63) is 59.0 Å². The number of nitrogens with one attached hydrogen (secondary N) is 2. The maximum Gasteiger partial charge on any atom is 0.341 e. The summed E-state index contributed by atoms with van der Waals surface area (Å²) in [5.41, 5.74) is 1.81. The van der Waals surface area contributed by atoms with Gasteiger partial charge < -0.3 is 19.8 Å². The van der Waals surface area contributed by atoms with Crippen LogP contribution in [0.2, 0.25) is 0 Å². The maximum absolute atomic E-state index is 11.7. The van der Waals surface area contributed by atoms with E-state index in [1.165, 1.54) is 12.7 Å². The molecule has 0 saturated carbocycles. The van der Waals surface area contributed by atoms with Gasteiger partial charge in [-0.05, 0) is 38.3 Å². The first kappa shape index (κ1) is 21.9. The van der Waals surface area contributed by atoms with Gasteiger partial charge in [0.15, 0.2) is 5.96 Å². The molecule has 2 N–H and O–H groups in total. The van der Waals surface area contributed by atoms with Crippen molar-refractivity contribution in [1.29, 1.82) is 0 Å². The number of aryl methyl sites for hydroxylation is 1. The summed E-state index contributed by atoms with van der Waals surface area (Å²) in [4.78, 5) is 18.9. The van der Waals surface area contributed by atoms with Crippen molar-refractivity contribution in [1.82, 2.24) is 15.5 Å². The molecule has 0 spiro atoms. The normalized spacial score (nSPS) is 15.8. The van der Waals surface area contributed by atoms with Gasteiger partial charge in [0.1, 0.15) is 23.6 Å². The summed E-state index contributed by atoms with van der Waals surface area (Å²) in [6.45, 7) is 8.07. The quantitative estimate of drug-likeness (QED) is 0.413. The van der Waals surface area contributed by atoms with Crippen LogP contribution in [-0.2, 0) is 17.8 Å². The van der Waals surface area contributed by atoms with Crippen molar-refractivity contribution in [2.24, 2.45) is 4.99 Å². The summed E-state index contributed by atoms with van der Waals surface area (Å²) in [6.07, 6.45) is 2.15. The van der Waals surface area contributed by atoms with E-state index >= 15 is 0 Å². The number of rotatable bonds is 7. The molecule has 30 heavy (non-hydrogen) atoms. The summed E-state index contributed by atoms with van der Waals surface area (Å²) >= 11 is 0. The van der Waals surface area contributed by atoms with Crippen LogP contribution >= 0.6 is 0 Å². The van der Waals surface area contributed by atoms with Gasteiger partial charge in [-0.1, -0.05) is 30.3 Å². The Hall–Kier alpha value is -2.80. The molecule has 0 unspecified atom stereocenters. The van der Waals surface area contributed by atoms with Gasteiger partial charge in [0.25, 0.3) is 0 Å². The van der Waals surface area contributed by atoms with Gasteiger partial charge in [0.05, 0.1) is 7.11 Å². The number of nitrogens with zero attached hydrogens (tertiary/aromatic N) is 2. The number of piperidine rings is 1. The van der Waals surface area contributed by atoms with E-state index in [0.29, 0.717) is 29.7 Å². The molecule has 0 aliphatic carbocycles. The molecule has 1 aliphatic heterocycles. The van der Waals surface area contributed by atoms with Crippen LogP contribution in [-0.4, -0.2) is 49.6 Å². The number of carbonyl (C=O) groups excluding carboxylic acids is 1. The zero-order valence-electron chi connectivity index (χ0n) is 18.1. The van der Waals surface area contributed by atoms with E-state index in [0.717, 1.165) is 45.0 Å². The second-order valence-corrected chi connectivity index (χ2v) is 7.55. The first-order chi connectivity index (χ1) is 14.6. The van der Waals surface area contributed by atoms with E-state index in [-0.39, 0.29) is 0 Å². The molecule has 2 aromatic rings. The second kappa shape index (κ2) is 10.8. The van der Waals surface area contributed by atoms with Crippen LogP contribution in [0, 0.1) is 6.92 Å². The smallest absolute Gasteiger partial charge is 0.341 e. The minimum atomic E-state index is -0.390. The van der Waals surface area contributed by atoms with Crippen molar-refractivity contribution in [3.8, 4) is 0 Å². The van der Waals surface area contributed by atoms with Gasteiger partial charge in [-0.2, -0.15) is 0 Å². The number of hydrogen-bond donors (Lipinski definition) is 2. The Morgan fingerprint density at radius 3 is 2.67 bits per heavy atom. The number of likely N-dealkylation sites (tertiary alicyclic amines) is 1. The number of ether oxygens (including phenoxy) is 1. The van der Waals surface area contributed by atoms with Crippen LogP contribution in [0.3, 0.4) is 0 Å². The molecule has 2 heterocycles. The van der Waals surface area contributed by atoms with Crippen molar-refractivity contribution in [2.45, 2.75) is 45.8 Å². The third-order valence-electron chi connectivity index (χ3n) is 5.29. The Morgan fingerprint density at radius 2 is 2.00 bits per heavy atom. The minimum absolute atomic E-state index is 0.361. The van der Waals surface area contributed by atoms with Gasteiger partial charge in [0.2, 0.25) is 0 Å². The minimum Gasteiger partial charge on any atom is -0.465 e. The van der Waals surface area contributed by atoms with E-state index in [1.807, 2.05) is 6.92 Å². The molecule has 0 bridgehead atoms. The van der Waals surface area contributed by atoms with Crippen molar-refractivity contribution >= 4 is 11.9 Å². The van der Waals surface area contributed by atoms with Gasteiger partial charge in [-0.3, -0.25) is 4.90 Å². The molecule has 1 fully saturated rings. The zero-order chi connectivity index (χ0) is 21.3. The molecule has 1 aromatic heterocycles. The molecule has 162 valence electrons. The van der Waals surface area contributed by atoms with E-state index in [2.05, 4.69) is 50.9 Å². The molecule has 3 rings (SSSR count). The Balaban J connectivity index is 1.52. The highest BCUT2D eigenvalue weighted by Crippen LogP contribution is 2.17. The summed E-state index contributed by atoms with van der Waals surface area (Å²) in [5.74, 6) is 1.57. The fraction of sp³-hybridized carbons (Fsp3) is 0.478. The monoisotopic (exact) mass is 412 g/mol. The molecule has 0 amide bonds. The Morgan fingerprint density at radius 1 is 1.27 bits per heavy atom. The molecule has 0 radical (unpaired) electrons. The fourth-order valence-corrected chi connectivity index (χ4v) is 3.68. The van der Waals surface area contributed by atoms with E-state index in [1.54, 1.807) is 13.0 Å². The van der Waals surface area contributed by atoms with Crippen molar-refractivity contribution in [3.63, 3.8) is 0 Å². The zero-order valence-corrected chi connectivity index (χ0v) is 18.1. The van der Waals surface area contributed by atoms with E-state index in [4.69, 9.17) is 9.15 Å². The maximum atomic E-state index is 11.7. The lowest BCUT2D eigenvalue weighted by molar-refractivity contribution is 0.0599. The largest absolute Gasteiger partial charge is 0.465 e. The van der Waals surface area contributed by atoms with Crippen molar-refractivity contribution in [2.75, 3.05) is 26.7 Å². The molecule has 1 aromatic carbocycles. The summed E-state index contributed by atoms with van der Waals surface area (Å²) in [6, 6.07) is 12.7. The number of carbonyl (C=O) groups is 1. The predicted molar refractivity (Wildman–Crippen MR) is 117 cm³/mol. The van der Waals surface area contributed by atoms with Crippen molar-refractivity contribution < 1.29 is 13.9 Å². The number of guanidine groups is 1. The van der Waals surface area contributed by atoms with E-state index < -0.39 is 5.97 Å². The number of hydrogen-bond acceptors (Lipinski definition) is 5. The fourth-order valence-electron chi connectivity index (χ4n) is 3.68. The highest BCUT2D eigenvalue weighted by atomic mass is 16.5. The van der Waals surface area contributed by atoms with Gasteiger partial charge in [0, 0.05) is 32.2 Å². The third kappa shape index (κ3) is 6.10. The molecule has 1 aliphatic rings. The van der Waals surface area contributed by atoms with Crippen LogP contribution in [0.1, 0.15) is 47.2 Å². The highest BCUT2D eigenvalue weighted by molar-refractivity contribution is 5.90. The lowest BCUT2D eigenvalue weighted by Gasteiger charge is -2.33. The molecule has 7 nitrogen and oxygen atoms in total. The van der Waals surface area contributed by atoms with Crippen LogP contribution in [0.5, 0.6) is 0 Å². The lowest BCUT2D eigenvalue weighted by Crippen LogP contribution is -2.48. The summed E-state index contributed by atoms with van der Waals surface area (Å²) < 4.78 is 10.4. The molecule has 7 heteroatoms. The van der Waals surface area contributed by atoms with Crippen LogP contribution in [0.25, 0.3) is 0 Å². The Labute approximate surface area is 178 Å². The van der Waals surface area contributed by atoms with Gasteiger partial charge in [-0.25, -0.2) is 9.79 Å². The molecular formula is C23H32N4O3. The van der Waals surface area contributed by atoms with E-state index in [9.17, 15) is 4.79 Å². The standard InChI is InChI=1S/C23H32N4O3/c1-4-24-23(25-15-20-14-21(17(2)30-20)22(28)29-3)26-19-10-12-27(13-11-19)16-18-8-6-5-7-9-18/h5-9,14,19H,4,10-13,15-16H2,1-3H3,(H2,24,25,26). The molecule has 0 atom stereocenters. The van der Waals surface area contributed by atoms with Crippen LogP contribution in [0.4, 0.5) is 0 Å². The van der Waals surface area contributed by atoms with Crippen LogP contribution in [0.15, 0.2) is 45.8 Å². The average Bonchev–Trinajstić information content (AvgIpc) is 3.14. The molecule has 1 saturated heterocycles. The second-order valence-electron chi connectivity index (χ2n) is 7.55. The number of aliphatic imine (C=N–C) groups is 1. The predicted octanol–water partition coefficient (Wildman–Crippen LogP) is 3.09. The van der Waals surface area contributed by atoms with Gasteiger partial charge >= 0.3 is 5.97 Å². The first-order valence-corrected chi connectivity index (χ1v) is 10.6. The van der Waals surface area contributed by atoms with Crippen LogP contribution < -0.4 is 10.6 Å². The van der Waals surface area contributed by atoms with Gasteiger partial charge in [-0.15, -0.1) is 0 Å². The SMILES string of the molecule is CCNC(=NCc1cc(C(=O)OC)c(C)o1)NC1CCN(Cc2ccccc2)CC1. The Bertz CT molecular complexity index is 839. The number of esters is 1. The molecular weight excluding hydrogens is 380 g/mol. The first-order valence-electron chi connectivity index (χ1n) is 10.6. The summed E-state index contributed by atoms with van der Waals surface area (Å²) in [7, 11) is 1.37.